The largest absolute Gasteiger partial charge is 0.356 e. The van der Waals surface area contributed by atoms with Crippen LogP contribution in [0, 0.1) is 5.92 Å². The van der Waals surface area contributed by atoms with Crippen LogP contribution in [0.25, 0.3) is 0 Å². The molecular weight excluding hydrogens is 457 g/mol. The Morgan fingerprint density at radius 2 is 1.78 bits per heavy atom. The number of carbonyl (C=O) groups is 1. The summed E-state index contributed by atoms with van der Waals surface area (Å²) in [5.41, 5.74) is 0. The third-order valence-electron chi connectivity index (χ3n) is 4.34. The smallest absolute Gasteiger partial charge is 0.225 e. The standard InChI is InChI=1S/C18H31N7O.HI/c1-15(2)5-9-20-17(19-3)21-10-6-16(26)24-11-13-25(14-12-24)18-22-7-4-8-23-18;/h4,7-8,15H,5-6,9-14H2,1-3H3,(H2,19,20,21);1H. The predicted octanol–water partition coefficient (Wildman–Crippen LogP) is 1.34. The van der Waals surface area contributed by atoms with Crippen LogP contribution in [0.1, 0.15) is 26.7 Å². The summed E-state index contributed by atoms with van der Waals surface area (Å²) in [5.74, 6) is 2.31. The first-order chi connectivity index (χ1) is 12.6. The Hall–Kier alpha value is -1.65. The first-order valence-corrected chi connectivity index (χ1v) is 9.34. The Labute approximate surface area is 179 Å². The van der Waals surface area contributed by atoms with Gasteiger partial charge in [-0.1, -0.05) is 13.8 Å². The Balaban J connectivity index is 0.00000364. The second kappa shape index (κ2) is 12.7. The molecule has 0 saturated carbocycles. The number of piperazine rings is 1. The maximum atomic E-state index is 12.4. The Morgan fingerprint density at radius 1 is 1.15 bits per heavy atom. The molecule has 2 N–H and O–H groups in total. The van der Waals surface area contributed by atoms with Crippen LogP contribution in [0.2, 0.25) is 0 Å². The number of carbonyl (C=O) groups excluding carboxylic acids is 1. The summed E-state index contributed by atoms with van der Waals surface area (Å²) >= 11 is 0. The van der Waals surface area contributed by atoms with Gasteiger partial charge in [0.05, 0.1) is 0 Å². The SMILES string of the molecule is CN=C(NCCC(=O)N1CCN(c2ncccn2)CC1)NCCC(C)C.I. The fourth-order valence-electron chi connectivity index (χ4n) is 2.76. The number of aromatic nitrogens is 2. The summed E-state index contributed by atoms with van der Waals surface area (Å²) in [4.78, 5) is 29.1. The van der Waals surface area contributed by atoms with E-state index in [2.05, 4.69) is 44.3 Å². The van der Waals surface area contributed by atoms with Crippen LogP contribution in [0.15, 0.2) is 23.5 Å². The lowest BCUT2D eigenvalue weighted by molar-refractivity contribution is -0.131. The summed E-state index contributed by atoms with van der Waals surface area (Å²) in [6.45, 7) is 8.80. The molecule has 1 aliphatic heterocycles. The van der Waals surface area contributed by atoms with Gasteiger partial charge in [-0.2, -0.15) is 0 Å². The van der Waals surface area contributed by atoms with E-state index in [0.29, 0.717) is 32.0 Å². The molecule has 1 fully saturated rings. The second-order valence-electron chi connectivity index (χ2n) is 6.77. The van der Waals surface area contributed by atoms with Gasteiger partial charge in [0.15, 0.2) is 5.96 Å². The summed E-state index contributed by atoms with van der Waals surface area (Å²) in [6.07, 6.45) is 5.04. The van der Waals surface area contributed by atoms with Gasteiger partial charge < -0.3 is 20.4 Å². The topological polar surface area (TPSA) is 85.8 Å². The minimum Gasteiger partial charge on any atom is -0.356 e. The van der Waals surface area contributed by atoms with E-state index in [1.807, 2.05) is 11.0 Å². The number of rotatable bonds is 7. The van der Waals surface area contributed by atoms with E-state index in [-0.39, 0.29) is 29.9 Å². The number of nitrogens with zero attached hydrogens (tertiary/aromatic N) is 5. The molecule has 0 aliphatic carbocycles. The van der Waals surface area contributed by atoms with Crippen molar-refractivity contribution in [2.24, 2.45) is 10.9 Å². The van der Waals surface area contributed by atoms with Gasteiger partial charge in [0.25, 0.3) is 0 Å². The minimum atomic E-state index is 0. The van der Waals surface area contributed by atoms with Crippen molar-refractivity contribution in [3.8, 4) is 0 Å². The van der Waals surface area contributed by atoms with Crippen molar-refractivity contribution in [3.63, 3.8) is 0 Å². The first kappa shape index (κ1) is 23.4. The average Bonchev–Trinajstić information content (AvgIpc) is 2.67. The summed E-state index contributed by atoms with van der Waals surface area (Å²) in [7, 11) is 1.75. The minimum absolute atomic E-state index is 0. The van der Waals surface area contributed by atoms with Crippen LogP contribution in [0.3, 0.4) is 0 Å². The van der Waals surface area contributed by atoms with Crippen molar-refractivity contribution in [1.29, 1.82) is 0 Å². The molecule has 0 spiro atoms. The number of hydrogen-bond acceptors (Lipinski definition) is 5. The van der Waals surface area contributed by atoms with Crippen LogP contribution in [0.4, 0.5) is 5.95 Å². The van der Waals surface area contributed by atoms with E-state index in [9.17, 15) is 4.79 Å². The van der Waals surface area contributed by atoms with Gasteiger partial charge in [-0.05, 0) is 18.4 Å². The third kappa shape index (κ3) is 8.27. The molecule has 0 unspecified atom stereocenters. The molecule has 9 heteroatoms. The van der Waals surface area contributed by atoms with E-state index in [0.717, 1.165) is 38.0 Å². The lowest BCUT2D eigenvalue weighted by Gasteiger charge is -2.34. The molecule has 152 valence electrons. The molecule has 8 nitrogen and oxygen atoms in total. The zero-order valence-electron chi connectivity index (χ0n) is 16.5. The summed E-state index contributed by atoms with van der Waals surface area (Å²) in [5, 5.41) is 6.48. The number of aliphatic imine (C=N–C) groups is 1. The molecule has 1 aliphatic rings. The molecule has 0 aromatic carbocycles. The number of amides is 1. The maximum absolute atomic E-state index is 12.4. The molecule has 2 heterocycles. The molecule has 0 radical (unpaired) electrons. The molecule has 1 saturated heterocycles. The summed E-state index contributed by atoms with van der Waals surface area (Å²) < 4.78 is 0. The highest BCUT2D eigenvalue weighted by Crippen LogP contribution is 2.10. The highest BCUT2D eigenvalue weighted by atomic mass is 127. The quantitative estimate of drug-likeness (QED) is 0.342. The molecule has 1 amide bonds. The molecule has 1 aromatic heterocycles. The summed E-state index contributed by atoms with van der Waals surface area (Å²) in [6, 6.07) is 1.81. The number of halogens is 1. The van der Waals surface area contributed by atoms with Crippen LogP contribution in [-0.2, 0) is 4.79 Å². The van der Waals surface area contributed by atoms with E-state index < -0.39 is 0 Å². The first-order valence-electron chi connectivity index (χ1n) is 9.34. The Kier molecular flexibility index (Phi) is 11.0. The molecule has 1 aromatic rings. The highest BCUT2D eigenvalue weighted by Gasteiger charge is 2.22. The van der Waals surface area contributed by atoms with E-state index in [1.54, 1.807) is 19.4 Å². The monoisotopic (exact) mass is 489 g/mol. The van der Waals surface area contributed by atoms with Gasteiger partial charge in [0.1, 0.15) is 0 Å². The van der Waals surface area contributed by atoms with Crippen molar-refractivity contribution in [2.75, 3.05) is 51.2 Å². The van der Waals surface area contributed by atoms with Gasteiger partial charge in [-0.15, -0.1) is 24.0 Å². The van der Waals surface area contributed by atoms with Crippen molar-refractivity contribution >= 4 is 41.8 Å². The molecule has 2 rings (SSSR count). The van der Waals surface area contributed by atoms with Gasteiger partial charge >= 0.3 is 0 Å². The van der Waals surface area contributed by atoms with Crippen LogP contribution in [-0.4, -0.2) is 73.1 Å². The maximum Gasteiger partial charge on any atom is 0.225 e. The van der Waals surface area contributed by atoms with Gasteiger partial charge in [0, 0.05) is 65.1 Å². The number of anilines is 1. The fraction of sp³-hybridized carbons (Fsp3) is 0.667. The fourth-order valence-corrected chi connectivity index (χ4v) is 2.76. The van der Waals surface area contributed by atoms with E-state index >= 15 is 0 Å². The molecular formula is C18H32IN7O. The van der Waals surface area contributed by atoms with Gasteiger partial charge in [0.2, 0.25) is 11.9 Å². The molecule has 0 atom stereocenters. The van der Waals surface area contributed by atoms with Crippen molar-refractivity contribution < 1.29 is 4.79 Å². The second-order valence-corrected chi connectivity index (χ2v) is 6.77. The zero-order valence-corrected chi connectivity index (χ0v) is 18.8. The predicted molar refractivity (Wildman–Crippen MR) is 120 cm³/mol. The van der Waals surface area contributed by atoms with Gasteiger partial charge in [-0.25, -0.2) is 9.97 Å². The van der Waals surface area contributed by atoms with E-state index in [1.165, 1.54) is 0 Å². The van der Waals surface area contributed by atoms with Crippen LogP contribution < -0.4 is 15.5 Å². The van der Waals surface area contributed by atoms with Crippen molar-refractivity contribution in [1.82, 2.24) is 25.5 Å². The highest BCUT2D eigenvalue weighted by molar-refractivity contribution is 14.0. The lowest BCUT2D eigenvalue weighted by atomic mass is 10.1. The number of nitrogens with one attached hydrogen (secondary N) is 2. The zero-order chi connectivity index (χ0) is 18.8. The number of hydrogen-bond donors (Lipinski definition) is 2. The Morgan fingerprint density at radius 3 is 2.37 bits per heavy atom. The number of guanidine groups is 1. The van der Waals surface area contributed by atoms with Crippen LogP contribution in [0.5, 0.6) is 0 Å². The molecule has 27 heavy (non-hydrogen) atoms. The lowest BCUT2D eigenvalue weighted by Crippen LogP contribution is -2.50. The Bertz CT molecular complexity index is 574. The normalized spacial score (nSPS) is 14.7. The molecule has 0 bridgehead atoms. The van der Waals surface area contributed by atoms with Crippen molar-refractivity contribution in [2.45, 2.75) is 26.7 Å². The third-order valence-corrected chi connectivity index (χ3v) is 4.34. The average molecular weight is 489 g/mol. The van der Waals surface area contributed by atoms with Crippen LogP contribution >= 0.6 is 24.0 Å². The van der Waals surface area contributed by atoms with Crippen molar-refractivity contribution in [3.05, 3.63) is 18.5 Å². The van der Waals surface area contributed by atoms with Gasteiger partial charge in [-0.3, -0.25) is 9.79 Å². The van der Waals surface area contributed by atoms with E-state index in [4.69, 9.17) is 0 Å².